The predicted molar refractivity (Wildman–Crippen MR) is 45.8 cm³/mol. The lowest BCUT2D eigenvalue weighted by Gasteiger charge is -2.30. The molecule has 2 aliphatic rings. The Hall–Kier alpha value is -0.200. The van der Waals surface area contributed by atoms with Crippen LogP contribution in [-0.4, -0.2) is 39.1 Å². The molecule has 0 saturated carbocycles. The van der Waals surface area contributed by atoms with Crippen molar-refractivity contribution in [2.75, 3.05) is 26.3 Å². The van der Waals surface area contributed by atoms with Crippen LogP contribution >= 0.6 is 0 Å². The molecule has 0 spiro atoms. The van der Waals surface area contributed by atoms with Gasteiger partial charge >= 0.3 is 0 Å². The second-order valence-corrected chi connectivity index (χ2v) is 3.16. The predicted octanol–water partition coefficient (Wildman–Crippen LogP) is -0.410. The van der Waals surface area contributed by atoms with E-state index in [1.807, 2.05) is 0 Å². The SMILES string of the molecule is C1CN[C@@H](O[C@H]2NCCCO2)OC1. The van der Waals surface area contributed by atoms with Crippen molar-refractivity contribution >= 4 is 0 Å². The third-order valence-electron chi connectivity index (χ3n) is 2.05. The Morgan fingerprint density at radius 1 is 0.923 bits per heavy atom. The minimum atomic E-state index is -0.315. The molecule has 76 valence electrons. The normalized spacial score (nSPS) is 36.0. The summed E-state index contributed by atoms with van der Waals surface area (Å²) >= 11 is 0. The molecule has 0 aromatic carbocycles. The van der Waals surface area contributed by atoms with Gasteiger partial charge in [-0.05, 0) is 12.8 Å². The zero-order valence-corrected chi connectivity index (χ0v) is 7.62. The third kappa shape index (κ3) is 2.89. The van der Waals surface area contributed by atoms with Crippen LogP contribution in [0.5, 0.6) is 0 Å². The summed E-state index contributed by atoms with van der Waals surface area (Å²) in [5.41, 5.74) is 0. The van der Waals surface area contributed by atoms with E-state index in [2.05, 4.69) is 10.6 Å². The molecule has 2 rings (SSSR count). The molecule has 13 heavy (non-hydrogen) atoms. The standard InChI is InChI=1S/C8H16N2O3/c1-3-9-7(11-5-1)13-8-10-4-2-6-12-8/h7-10H,1-6H2/t7-,8+. The van der Waals surface area contributed by atoms with Crippen LogP contribution in [0.4, 0.5) is 0 Å². The molecule has 2 heterocycles. The number of hydrogen-bond acceptors (Lipinski definition) is 5. The molecule has 5 nitrogen and oxygen atoms in total. The van der Waals surface area contributed by atoms with E-state index in [4.69, 9.17) is 14.2 Å². The Morgan fingerprint density at radius 3 is 1.85 bits per heavy atom. The van der Waals surface area contributed by atoms with Crippen LogP contribution in [0.1, 0.15) is 12.8 Å². The average Bonchev–Trinajstić information content (AvgIpc) is 2.21. The summed E-state index contributed by atoms with van der Waals surface area (Å²) in [5, 5.41) is 6.20. The molecule has 2 fully saturated rings. The molecule has 0 aliphatic carbocycles. The quantitative estimate of drug-likeness (QED) is 0.617. The van der Waals surface area contributed by atoms with E-state index in [1.165, 1.54) is 0 Å². The number of rotatable bonds is 2. The number of nitrogens with one attached hydrogen (secondary N) is 2. The van der Waals surface area contributed by atoms with Crippen LogP contribution in [-0.2, 0) is 14.2 Å². The van der Waals surface area contributed by atoms with Crippen molar-refractivity contribution in [1.82, 2.24) is 10.6 Å². The van der Waals surface area contributed by atoms with Crippen molar-refractivity contribution in [3.8, 4) is 0 Å². The highest BCUT2D eigenvalue weighted by molar-refractivity contribution is 4.57. The van der Waals surface area contributed by atoms with Crippen molar-refractivity contribution < 1.29 is 14.2 Å². The molecule has 0 unspecified atom stereocenters. The largest absolute Gasteiger partial charge is 0.340 e. The van der Waals surface area contributed by atoms with E-state index in [-0.39, 0.29) is 12.8 Å². The van der Waals surface area contributed by atoms with Gasteiger partial charge in [0, 0.05) is 13.1 Å². The van der Waals surface area contributed by atoms with Gasteiger partial charge in [-0.25, -0.2) is 0 Å². The van der Waals surface area contributed by atoms with Crippen molar-refractivity contribution in [3.63, 3.8) is 0 Å². The first-order valence-corrected chi connectivity index (χ1v) is 4.80. The maximum absolute atomic E-state index is 5.47. The van der Waals surface area contributed by atoms with Crippen LogP contribution in [0.25, 0.3) is 0 Å². The minimum Gasteiger partial charge on any atom is -0.340 e. The van der Waals surface area contributed by atoms with Crippen molar-refractivity contribution in [1.29, 1.82) is 0 Å². The van der Waals surface area contributed by atoms with Gasteiger partial charge in [0.25, 0.3) is 0 Å². The van der Waals surface area contributed by atoms with E-state index >= 15 is 0 Å². The second kappa shape index (κ2) is 4.88. The van der Waals surface area contributed by atoms with Crippen LogP contribution in [0, 0.1) is 0 Å². The molecule has 5 heteroatoms. The topological polar surface area (TPSA) is 51.8 Å². The summed E-state index contributed by atoms with van der Waals surface area (Å²) < 4.78 is 16.1. The lowest BCUT2D eigenvalue weighted by molar-refractivity contribution is -0.280. The van der Waals surface area contributed by atoms with Gasteiger partial charge in [0.05, 0.1) is 13.2 Å². The Bertz CT molecular complexity index is 128. The fourth-order valence-electron chi connectivity index (χ4n) is 1.37. The highest BCUT2D eigenvalue weighted by Crippen LogP contribution is 2.05. The zero-order chi connectivity index (χ0) is 8.93. The molecular formula is C8H16N2O3. The molecule has 2 atom stereocenters. The summed E-state index contributed by atoms with van der Waals surface area (Å²) in [6, 6.07) is 0. The maximum atomic E-state index is 5.47. The van der Waals surface area contributed by atoms with Gasteiger partial charge in [-0.3, -0.25) is 15.4 Å². The van der Waals surface area contributed by atoms with Crippen LogP contribution in [0.15, 0.2) is 0 Å². The van der Waals surface area contributed by atoms with Gasteiger partial charge in [-0.15, -0.1) is 0 Å². The zero-order valence-electron chi connectivity index (χ0n) is 7.62. The summed E-state index contributed by atoms with van der Waals surface area (Å²) in [6.45, 7) is 3.39. The average molecular weight is 188 g/mol. The molecule has 0 bridgehead atoms. The highest BCUT2D eigenvalue weighted by atomic mass is 16.8. The molecular weight excluding hydrogens is 172 g/mol. The van der Waals surface area contributed by atoms with E-state index < -0.39 is 0 Å². The van der Waals surface area contributed by atoms with Gasteiger partial charge in [-0.1, -0.05) is 0 Å². The lowest BCUT2D eigenvalue weighted by Crippen LogP contribution is -2.48. The van der Waals surface area contributed by atoms with Gasteiger partial charge in [0.2, 0.25) is 12.8 Å². The smallest absolute Gasteiger partial charge is 0.219 e. The van der Waals surface area contributed by atoms with E-state index in [1.54, 1.807) is 0 Å². The maximum Gasteiger partial charge on any atom is 0.219 e. The molecule has 2 saturated heterocycles. The first-order valence-electron chi connectivity index (χ1n) is 4.80. The van der Waals surface area contributed by atoms with Gasteiger partial charge in [0.15, 0.2) is 0 Å². The summed E-state index contributed by atoms with van der Waals surface area (Å²) in [7, 11) is 0. The molecule has 0 aromatic heterocycles. The third-order valence-corrected chi connectivity index (χ3v) is 2.05. The van der Waals surface area contributed by atoms with Gasteiger partial charge in [-0.2, -0.15) is 0 Å². The Balaban J connectivity index is 1.69. The van der Waals surface area contributed by atoms with Gasteiger partial charge < -0.3 is 9.47 Å². The molecule has 0 amide bonds. The molecule has 0 radical (unpaired) electrons. The summed E-state index contributed by atoms with van der Waals surface area (Å²) in [6.07, 6.45) is 1.45. The highest BCUT2D eigenvalue weighted by Gasteiger charge is 2.20. The molecule has 2 aliphatic heterocycles. The van der Waals surface area contributed by atoms with Crippen LogP contribution in [0.2, 0.25) is 0 Å². The van der Waals surface area contributed by atoms with Crippen molar-refractivity contribution in [3.05, 3.63) is 0 Å². The van der Waals surface area contributed by atoms with Crippen LogP contribution in [0.3, 0.4) is 0 Å². The fourth-order valence-corrected chi connectivity index (χ4v) is 1.37. The first-order chi connectivity index (χ1) is 6.45. The minimum absolute atomic E-state index is 0.315. The molecule has 0 aromatic rings. The van der Waals surface area contributed by atoms with E-state index in [9.17, 15) is 0 Å². The van der Waals surface area contributed by atoms with E-state index in [0.717, 1.165) is 39.1 Å². The summed E-state index contributed by atoms with van der Waals surface area (Å²) in [5.74, 6) is 0. The summed E-state index contributed by atoms with van der Waals surface area (Å²) in [4.78, 5) is 0. The number of hydrogen-bond donors (Lipinski definition) is 2. The lowest BCUT2D eigenvalue weighted by atomic mass is 10.4. The fraction of sp³-hybridized carbons (Fsp3) is 1.00. The molecule has 2 N–H and O–H groups in total. The van der Waals surface area contributed by atoms with E-state index in [0.29, 0.717) is 0 Å². The Morgan fingerprint density at radius 2 is 1.46 bits per heavy atom. The van der Waals surface area contributed by atoms with Gasteiger partial charge in [0.1, 0.15) is 0 Å². The number of ether oxygens (including phenoxy) is 3. The Labute approximate surface area is 77.7 Å². The van der Waals surface area contributed by atoms with Crippen molar-refractivity contribution in [2.45, 2.75) is 25.7 Å². The second-order valence-electron chi connectivity index (χ2n) is 3.16. The first kappa shape index (κ1) is 9.36. The Kier molecular flexibility index (Phi) is 3.51. The van der Waals surface area contributed by atoms with Crippen LogP contribution < -0.4 is 10.6 Å². The van der Waals surface area contributed by atoms with Crippen molar-refractivity contribution in [2.24, 2.45) is 0 Å². The monoisotopic (exact) mass is 188 g/mol.